The summed E-state index contributed by atoms with van der Waals surface area (Å²) in [6.07, 6.45) is 8.32. The molecule has 0 heterocycles. The van der Waals surface area contributed by atoms with E-state index in [1.165, 1.54) is 50.6 Å². The molecule has 18 heavy (non-hydrogen) atoms. The van der Waals surface area contributed by atoms with Gasteiger partial charge in [-0.25, -0.2) is 0 Å². The summed E-state index contributed by atoms with van der Waals surface area (Å²) in [5, 5.41) is 0. The normalized spacial score (nSPS) is 11.1. The van der Waals surface area contributed by atoms with Crippen LogP contribution >= 0.6 is 0 Å². The average Bonchev–Trinajstić information content (AvgIpc) is 2.42. The number of rotatable bonds is 10. The van der Waals surface area contributed by atoms with Crippen LogP contribution in [0.4, 0.5) is 0 Å². The Labute approximate surface area is 113 Å². The third-order valence-electron chi connectivity index (χ3n) is 3.52. The highest BCUT2D eigenvalue weighted by atomic mass is 15.1. The molecule has 1 aromatic carbocycles. The lowest BCUT2D eigenvalue weighted by molar-refractivity contribution is 0.272. The van der Waals surface area contributed by atoms with Crippen LogP contribution in [0.3, 0.4) is 0 Å². The maximum absolute atomic E-state index is 2.55. The van der Waals surface area contributed by atoms with E-state index in [1.54, 1.807) is 0 Å². The summed E-state index contributed by atoms with van der Waals surface area (Å²) >= 11 is 0. The molecule has 102 valence electrons. The average molecular weight is 247 g/mol. The van der Waals surface area contributed by atoms with Crippen molar-refractivity contribution in [2.24, 2.45) is 0 Å². The van der Waals surface area contributed by atoms with E-state index < -0.39 is 0 Å². The van der Waals surface area contributed by atoms with Crippen molar-refractivity contribution in [3.63, 3.8) is 0 Å². The van der Waals surface area contributed by atoms with E-state index in [-0.39, 0.29) is 0 Å². The molecule has 0 bridgehead atoms. The highest BCUT2D eigenvalue weighted by Crippen LogP contribution is 2.08. The smallest absolute Gasteiger partial charge is 0.0233 e. The number of hydrogen-bond acceptors (Lipinski definition) is 1. The van der Waals surface area contributed by atoms with Gasteiger partial charge < -0.3 is 0 Å². The minimum atomic E-state index is 1.10. The Kier molecular flexibility index (Phi) is 8.58. The van der Waals surface area contributed by atoms with Gasteiger partial charge in [-0.05, 0) is 25.1 Å². The first-order valence-corrected chi connectivity index (χ1v) is 7.63. The summed E-state index contributed by atoms with van der Waals surface area (Å²) in [6, 6.07) is 10.8. The second kappa shape index (κ2) is 10.1. The first-order valence-electron chi connectivity index (χ1n) is 7.63. The van der Waals surface area contributed by atoms with Gasteiger partial charge in [-0.2, -0.15) is 0 Å². The van der Waals surface area contributed by atoms with Crippen LogP contribution < -0.4 is 0 Å². The zero-order valence-corrected chi connectivity index (χ0v) is 12.2. The lowest BCUT2D eigenvalue weighted by Crippen LogP contribution is -2.23. The summed E-state index contributed by atoms with van der Waals surface area (Å²) < 4.78 is 0. The topological polar surface area (TPSA) is 3.24 Å². The first-order chi connectivity index (χ1) is 8.86. The number of nitrogens with zero attached hydrogens (tertiary/aromatic N) is 1. The molecule has 0 radical (unpaired) electrons. The van der Waals surface area contributed by atoms with Crippen LogP contribution in [0.5, 0.6) is 0 Å². The number of benzene rings is 1. The molecule has 0 amide bonds. The van der Waals surface area contributed by atoms with Crippen LogP contribution in [-0.4, -0.2) is 18.0 Å². The van der Waals surface area contributed by atoms with E-state index in [2.05, 4.69) is 49.1 Å². The Bertz CT molecular complexity index is 281. The standard InChI is InChI=1S/C17H29N/c1-3-5-6-7-8-12-15-18(4-2)16-17-13-10-9-11-14-17/h9-11,13-14H,3-8,12,15-16H2,1-2H3. The summed E-state index contributed by atoms with van der Waals surface area (Å²) in [7, 11) is 0. The minimum absolute atomic E-state index is 1.10. The van der Waals surface area contributed by atoms with E-state index in [9.17, 15) is 0 Å². The van der Waals surface area contributed by atoms with Crippen LogP contribution in [0.1, 0.15) is 57.9 Å². The fourth-order valence-electron chi connectivity index (χ4n) is 2.31. The highest BCUT2D eigenvalue weighted by molar-refractivity contribution is 5.14. The van der Waals surface area contributed by atoms with Crippen molar-refractivity contribution in [3.8, 4) is 0 Å². The molecule has 0 fully saturated rings. The Morgan fingerprint density at radius 1 is 0.833 bits per heavy atom. The van der Waals surface area contributed by atoms with Gasteiger partial charge in [0.15, 0.2) is 0 Å². The quantitative estimate of drug-likeness (QED) is 0.533. The summed E-state index contributed by atoms with van der Waals surface area (Å²) in [6.45, 7) is 8.05. The van der Waals surface area contributed by atoms with Gasteiger partial charge in [0.05, 0.1) is 0 Å². The molecular formula is C17H29N. The number of unbranched alkanes of at least 4 members (excludes halogenated alkanes) is 5. The molecule has 0 atom stereocenters. The van der Waals surface area contributed by atoms with Gasteiger partial charge in [0.2, 0.25) is 0 Å². The van der Waals surface area contributed by atoms with Gasteiger partial charge >= 0.3 is 0 Å². The molecule has 0 aliphatic heterocycles. The Hall–Kier alpha value is -0.820. The van der Waals surface area contributed by atoms with E-state index in [0.29, 0.717) is 0 Å². The Morgan fingerprint density at radius 3 is 2.17 bits per heavy atom. The zero-order valence-electron chi connectivity index (χ0n) is 12.2. The maximum Gasteiger partial charge on any atom is 0.0233 e. The van der Waals surface area contributed by atoms with E-state index >= 15 is 0 Å². The predicted octanol–water partition coefficient (Wildman–Crippen LogP) is 4.87. The van der Waals surface area contributed by atoms with E-state index in [1.807, 2.05) is 0 Å². The lowest BCUT2D eigenvalue weighted by Gasteiger charge is -2.20. The fourth-order valence-corrected chi connectivity index (χ4v) is 2.31. The van der Waals surface area contributed by atoms with Crippen molar-refractivity contribution in [2.45, 2.75) is 58.9 Å². The van der Waals surface area contributed by atoms with Crippen molar-refractivity contribution in [3.05, 3.63) is 35.9 Å². The van der Waals surface area contributed by atoms with E-state index in [4.69, 9.17) is 0 Å². The second-order valence-corrected chi connectivity index (χ2v) is 5.12. The molecule has 1 nitrogen and oxygen atoms in total. The molecule has 1 rings (SSSR count). The van der Waals surface area contributed by atoms with Crippen LogP contribution in [0.25, 0.3) is 0 Å². The molecule has 0 spiro atoms. The fraction of sp³-hybridized carbons (Fsp3) is 0.647. The first kappa shape index (κ1) is 15.2. The summed E-state index contributed by atoms with van der Waals surface area (Å²) in [4.78, 5) is 2.55. The van der Waals surface area contributed by atoms with Crippen molar-refractivity contribution in [2.75, 3.05) is 13.1 Å². The zero-order chi connectivity index (χ0) is 13.1. The molecule has 0 unspecified atom stereocenters. The molecule has 1 aromatic rings. The Balaban J connectivity index is 2.14. The van der Waals surface area contributed by atoms with Crippen molar-refractivity contribution in [1.29, 1.82) is 0 Å². The lowest BCUT2D eigenvalue weighted by atomic mass is 10.1. The summed E-state index contributed by atoms with van der Waals surface area (Å²) in [5.74, 6) is 0. The molecule has 0 aromatic heterocycles. The van der Waals surface area contributed by atoms with Gasteiger partial charge in [-0.1, -0.05) is 76.3 Å². The second-order valence-electron chi connectivity index (χ2n) is 5.12. The predicted molar refractivity (Wildman–Crippen MR) is 80.8 cm³/mol. The van der Waals surface area contributed by atoms with Crippen LogP contribution in [0.2, 0.25) is 0 Å². The van der Waals surface area contributed by atoms with Crippen LogP contribution in [0.15, 0.2) is 30.3 Å². The molecular weight excluding hydrogens is 218 g/mol. The molecule has 0 saturated heterocycles. The van der Waals surface area contributed by atoms with Crippen molar-refractivity contribution in [1.82, 2.24) is 4.90 Å². The largest absolute Gasteiger partial charge is 0.299 e. The third kappa shape index (κ3) is 6.80. The van der Waals surface area contributed by atoms with Crippen molar-refractivity contribution < 1.29 is 0 Å². The summed E-state index contributed by atoms with van der Waals surface area (Å²) in [5.41, 5.74) is 1.44. The van der Waals surface area contributed by atoms with Gasteiger partial charge in [0, 0.05) is 6.54 Å². The van der Waals surface area contributed by atoms with Crippen LogP contribution in [-0.2, 0) is 6.54 Å². The molecule has 0 saturated carbocycles. The monoisotopic (exact) mass is 247 g/mol. The van der Waals surface area contributed by atoms with Gasteiger partial charge in [-0.15, -0.1) is 0 Å². The van der Waals surface area contributed by atoms with Crippen LogP contribution in [0, 0.1) is 0 Å². The number of hydrogen-bond donors (Lipinski definition) is 0. The van der Waals surface area contributed by atoms with E-state index in [0.717, 1.165) is 13.1 Å². The van der Waals surface area contributed by atoms with Gasteiger partial charge in [-0.3, -0.25) is 4.90 Å². The van der Waals surface area contributed by atoms with Crippen molar-refractivity contribution >= 4 is 0 Å². The molecule has 0 aliphatic carbocycles. The van der Waals surface area contributed by atoms with Gasteiger partial charge in [0.25, 0.3) is 0 Å². The molecule has 0 aliphatic rings. The third-order valence-corrected chi connectivity index (χ3v) is 3.52. The highest BCUT2D eigenvalue weighted by Gasteiger charge is 2.02. The van der Waals surface area contributed by atoms with Gasteiger partial charge in [0.1, 0.15) is 0 Å². The molecule has 0 N–H and O–H groups in total. The molecule has 1 heteroatoms. The Morgan fingerprint density at radius 2 is 1.50 bits per heavy atom. The maximum atomic E-state index is 2.55. The minimum Gasteiger partial charge on any atom is -0.299 e. The SMILES string of the molecule is CCCCCCCCN(CC)Cc1ccccc1.